The van der Waals surface area contributed by atoms with Crippen molar-refractivity contribution in [1.29, 1.82) is 0 Å². The molecular weight excluding hydrogens is 537 g/mol. The molecule has 0 radical (unpaired) electrons. The molecule has 32 heavy (non-hydrogen) atoms. The Hall–Kier alpha value is -2.33. The van der Waals surface area contributed by atoms with Gasteiger partial charge in [0.05, 0.1) is 13.1 Å². The summed E-state index contributed by atoms with van der Waals surface area (Å²) in [7, 11) is 1.97. The van der Waals surface area contributed by atoms with Gasteiger partial charge in [0.1, 0.15) is 5.82 Å². The van der Waals surface area contributed by atoms with E-state index in [0.717, 1.165) is 47.8 Å². The van der Waals surface area contributed by atoms with E-state index in [4.69, 9.17) is 16.6 Å². The van der Waals surface area contributed by atoms with E-state index in [-0.39, 0.29) is 24.0 Å². The number of guanidine groups is 1. The van der Waals surface area contributed by atoms with E-state index >= 15 is 0 Å². The van der Waals surface area contributed by atoms with Gasteiger partial charge in [0.15, 0.2) is 11.8 Å². The number of rotatable bonds is 6. The Morgan fingerprint density at radius 3 is 2.69 bits per heavy atom. The largest absolute Gasteiger partial charge is 0.369 e. The summed E-state index contributed by atoms with van der Waals surface area (Å²) >= 11 is 6.17. The number of nitrogens with zero attached hydrogens (tertiary/aromatic N) is 5. The molecule has 1 saturated heterocycles. The van der Waals surface area contributed by atoms with E-state index in [1.54, 1.807) is 0 Å². The molecule has 3 aromatic rings. The first kappa shape index (κ1) is 24.3. The van der Waals surface area contributed by atoms with Crippen LogP contribution >= 0.6 is 35.6 Å². The van der Waals surface area contributed by atoms with Gasteiger partial charge in [0, 0.05) is 36.9 Å². The summed E-state index contributed by atoms with van der Waals surface area (Å²) in [6.07, 6.45) is 1.03. The van der Waals surface area contributed by atoms with Crippen LogP contribution in [0.2, 0.25) is 5.02 Å². The summed E-state index contributed by atoms with van der Waals surface area (Å²) in [5.74, 6) is 2.54. The third-order valence-electron chi connectivity index (χ3n) is 5.56. The van der Waals surface area contributed by atoms with Crippen LogP contribution in [-0.4, -0.2) is 39.9 Å². The molecule has 7 nitrogen and oxygen atoms in total. The summed E-state index contributed by atoms with van der Waals surface area (Å²) in [5, 5.41) is 16.2. The monoisotopic (exact) mass is 565 g/mol. The molecule has 0 amide bonds. The second-order valence-corrected chi connectivity index (χ2v) is 8.22. The minimum absolute atomic E-state index is 0. The highest BCUT2D eigenvalue weighted by molar-refractivity contribution is 14.0. The summed E-state index contributed by atoms with van der Waals surface area (Å²) in [5.41, 5.74) is 2.33. The maximum absolute atomic E-state index is 6.17. The standard InChI is InChI=1S/C23H28ClN7.HI/c1-17-28-29-22(30(17)2)15-26-23(25-14-18-7-4-3-5-8-18)27-20-11-12-31(16-20)21-10-6-9-19(24)13-21;/h3-10,13,20H,11-12,14-16H2,1-2H3,(H2,25,26,27);1H. The average Bonchev–Trinajstić information content (AvgIpc) is 3.38. The van der Waals surface area contributed by atoms with E-state index in [1.165, 1.54) is 5.56 Å². The summed E-state index contributed by atoms with van der Waals surface area (Å²) < 4.78 is 1.98. The molecule has 1 aliphatic rings. The van der Waals surface area contributed by atoms with Crippen LogP contribution in [0.4, 0.5) is 5.69 Å². The summed E-state index contributed by atoms with van der Waals surface area (Å²) in [6.45, 7) is 4.99. The van der Waals surface area contributed by atoms with Gasteiger partial charge in [-0.15, -0.1) is 34.2 Å². The van der Waals surface area contributed by atoms with Crippen LogP contribution in [0.5, 0.6) is 0 Å². The SMILES string of the molecule is Cc1nnc(CNC(=NCc2ccccc2)NC2CCN(c3cccc(Cl)c3)C2)n1C.I. The zero-order chi connectivity index (χ0) is 21.6. The van der Waals surface area contributed by atoms with Crippen molar-refractivity contribution in [3.63, 3.8) is 0 Å². The number of anilines is 1. The summed E-state index contributed by atoms with van der Waals surface area (Å²) in [4.78, 5) is 7.17. The number of hydrogen-bond donors (Lipinski definition) is 2. The van der Waals surface area contributed by atoms with Crippen LogP contribution in [0, 0.1) is 6.92 Å². The molecule has 0 saturated carbocycles. The van der Waals surface area contributed by atoms with Gasteiger partial charge in [0.25, 0.3) is 0 Å². The fourth-order valence-electron chi connectivity index (χ4n) is 3.65. The summed E-state index contributed by atoms with van der Waals surface area (Å²) in [6, 6.07) is 18.6. The fraction of sp³-hybridized carbons (Fsp3) is 0.348. The molecule has 170 valence electrons. The van der Waals surface area contributed by atoms with Crippen LogP contribution < -0.4 is 15.5 Å². The normalized spacial score (nSPS) is 16.0. The zero-order valence-corrected chi connectivity index (χ0v) is 21.4. The first-order valence-corrected chi connectivity index (χ1v) is 10.9. The van der Waals surface area contributed by atoms with Crippen LogP contribution in [-0.2, 0) is 20.1 Å². The number of aliphatic imine (C=N–C) groups is 1. The maximum Gasteiger partial charge on any atom is 0.192 e. The van der Waals surface area contributed by atoms with Crippen molar-refractivity contribution in [1.82, 2.24) is 25.4 Å². The average molecular weight is 566 g/mol. The fourth-order valence-corrected chi connectivity index (χ4v) is 3.84. The maximum atomic E-state index is 6.17. The second-order valence-electron chi connectivity index (χ2n) is 7.78. The predicted octanol–water partition coefficient (Wildman–Crippen LogP) is 3.91. The molecule has 9 heteroatoms. The first-order chi connectivity index (χ1) is 15.1. The topological polar surface area (TPSA) is 70.4 Å². The molecule has 2 heterocycles. The van der Waals surface area contributed by atoms with Crippen molar-refractivity contribution in [2.75, 3.05) is 18.0 Å². The van der Waals surface area contributed by atoms with E-state index in [0.29, 0.717) is 19.1 Å². The minimum Gasteiger partial charge on any atom is -0.369 e. The Balaban J connectivity index is 0.00000289. The van der Waals surface area contributed by atoms with Gasteiger partial charge in [-0.05, 0) is 37.1 Å². The molecule has 1 aliphatic heterocycles. The minimum atomic E-state index is 0. The van der Waals surface area contributed by atoms with Crippen LogP contribution in [0.3, 0.4) is 0 Å². The number of halogens is 2. The first-order valence-electron chi connectivity index (χ1n) is 10.5. The molecule has 4 rings (SSSR count). The third-order valence-corrected chi connectivity index (χ3v) is 5.80. The zero-order valence-electron chi connectivity index (χ0n) is 18.3. The quantitative estimate of drug-likeness (QED) is 0.270. The van der Waals surface area contributed by atoms with Crippen molar-refractivity contribution in [2.24, 2.45) is 12.0 Å². The molecular formula is C23H29ClIN7. The van der Waals surface area contributed by atoms with E-state index in [1.807, 2.05) is 54.9 Å². The lowest BCUT2D eigenvalue weighted by atomic mass is 10.2. The van der Waals surface area contributed by atoms with Gasteiger partial charge in [0.2, 0.25) is 0 Å². The molecule has 1 aromatic heterocycles. The molecule has 0 spiro atoms. The Labute approximate surface area is 211 Å². The van der Waals surface area contributed by atoms with Crippen molar-refractivity contribution < 1.29 is 0 Å². The van der Waals surface area contributed by atoms with Crippen LogP contribution in [0.25, 0.3) is 0 Å². The number of aryl methyl sites for hydroxylation is 1. The molecule has 2 aromatic carbocycles. The lowest BCUT2D eigenvalue weighted by Gasteiger charge is -2.21. The molecule has 1 unspecified atom stereocenters. The molecule has 0 aliphatic carbocycles. The molecule has 1 atom stereocenters. The van der Waals surface area contributed by atoms with E-state index in [2.05, 4.69) is 43.9 Å². The van der Waals surface area contributed by atoms with Gasteiger partial charge < -0.3 is 20.1 Å². The van der Waals surface area contributed by atoms with Crippen molar-refractivity contribution in [3.8, 4) is 0 Å². The van der Waals surface area contributed by atoms with Crippen LogP contribution in [0.1, 0.15) is 23.6 Å². The second kappa shape index (κ2) is 11.5. The van der Waals surface area contributed by atoms with Crippen molar-refractivity contribution >= 4 is 47.2 Å². The Morgan fingerprint density at radius 1 is 1.16 bits per heavy atom. The lowest BCUT2D eigenvalue weighted by Crippen LogP contribution is -2.44. The highest BCUT2D eigenvalue weighted by Gasteiger charge is 2.24. The molecule has 2 N–H and O–H groups in total. The Morgan fingerprint density at radius 2 is 1.97 bits per heavy atom. The number of benzene rings is 2. The molecule has 0 bridgehead atoms. The van der Waals surface area contributed by atoms with Crippen molar-refractivity contribution in [2.45, 2.75) is 32.5 Å². The highest BCUT2D eigenvalue weighted by atomic mass is 127. The van der Waals surface area contributed by atoms with Gasteiger partial charge in [-0.1, -0.05) is 48.0 Å². The van der Waals surface area contributed by atoms with E-state index in [9.17, 15) is 0 Å². The highest BCUT2D eigenvalue weighted by Crippen LogP contribution is 2.23. The smallest absolute Gasteiger partial charge is 0.192 e. The number of nitrogens with one attached hydrogen (secondary N) is 2. The van der Waals surface area contributed by atoms with Gasteiger partial charge >= 0.3 is 0 Å². The third kappa shape index (κ3) is 6.35. The number of aromatic nitrogens is 3. The molecule has 1 fully saturated rings. The van der Waals surface area contributed by atoms with Gasteiger partial charge in [-0.3, -0.25) is 0 Å². The Bertz CT molecular complexity index is 1040. The lowest BCUT2D eigenvalue weighted by molar-refractivity contribution is 0.637. The van der Waals surface area contributed by atoms with Crippen molar-refractivity contribution in [3.05, 3.63) is 76.8 Å². The van der Waals surface area contributed by atoms with Gasteiger partial charge in [-0.25, -0.2) is 4.99 Å². The van der Waals surface area contributed by atoms with E-state index < -0.39 is 0 Å². The predicted molar refractivity (Wildman–Crippen MR) is 141 cm³/mol. The number of hydrogen-bond acceptors (Lipinski definition) is 4. The van der Waals surface area contributed by atoms with Gasteiger partial charge in [-0.2, -0.15) is 0 Å². The Kier molecular flexibility index (Phi) is 8.75. The van der Waals surface area contributed by atoms with Crippen LogP contribution in [0.15, 0.2) is 59.6 Å².